The molecule has 1 aromatic rings. The maximum atomic E-state index is 12.6. The molecule has 21 heavy (non-hydrogen) atoms. The average molecular weight is 307 g/mol. The number of carbonyl (C=O) groups is 1. The number of amides is 2. The summed E-state index contributed by atoms with van der Waals surface area (Å²) >= 11 is 1.93. The van der Waals surface area contributed by atoms with E-state index in [1.54, 1.807) is 0 Å². The van der Waals surface area contributed by atoms with Crippen LogP contribution in [0, 0.1) is 6.92 Å². The molecule has 1 aliphatic rings. The van der Waals surface area contributed by atoms with Crippen LogP contribution in [0.4, 0.5) is 16.2 Å². The average Bonchev–Trinajstić information content (AvgIpc) is 2.65. The van der Waals surface area contributed by atoms with Gasteiger partial charge in [0, 0.05) is 43.8 Å². The van der Waals surface area contributed by atoms with Crippen LogP contribution in [0.15, 0.2) is 18.2 Å². The summed E-state index contributed by atoms with van der Waals surface area (Å²) in [5, 5.41) is 3.08. The summed E-state index contributed by atoms with van der Waals surface area (Å²) in [6.45, 7) is 5.01. The molecule has 2 amide bonds. The lowest BCUT2D eigenvalue weighted by atomic mass is 10.1. The van der Waals surface area contributed by atoms with Crippen molar-refractivity contribution in [1.29, 1.82) is 0 Å². The highest BCUT2D eigenvalue weighted by Gasteiger charge is 2.22. The van der Waals surface area contributed by atoms with Gasteiger partial charge in [0.1, 0.15) is 0 Å². The van der Waals surface area contributed by atoms with Gasteiger partial charge in [-0.1, -0.05) is 6.07 Å². The predicted octanol–water partition coefficient (Wildman–Crippen LogP) is 3.42. The first-order chi connectivity index (χ1) is 10.0. The molecule has 0 spiro atoms. The van der Waals surface area contributed by atoms with Crippen LogP contribution in [0.3, 0.4) is 0 Å². The lowest BCUT2D eigenvalue weighted by Gasteiger charge is -2.28. The van der Waals surface area contributed by atoms with Gasteiger partial charge in [-0.05, 0) is 43.7 Å². The molecule has 1 N–H and O–H groups in total. The molecule has 0 radical (unpaired) electrons. The van der Waals surface area contributed by atoms with Gasteiger partial charge in [0.25, 0.3) is 0 Å². The SMILES string of the molecule is Cc1c(NC(=O)N2CCSCC[C@H]2C)cccc1N(C)C. The standard InChI is InChI=1S/C16H25N3OS/c1-12-8-10-21-11-9-19(12)16(20)17-14-6-5-7-15(13(14)2)18(3)4/h5-7,12H,8-11H2,1-4H3,(H,17,20)/t12-/m1/s1. The highest BCUT2D eigenvalue weighted by molar-refractivity contribution is 7.99. The molecule has 4 nitrogen and oxygen atoms in total. The van der Waals surface area contributed by atoms with Crippen molar-refractivity contribution in [3.05, 3.63) is 23.8 Å². The van der Waals surface area contributed by atoms with Crippen LogP contribution < -0.4 is 10.2 Å². The summed E-state index contributed by atoms with van der Waals surface area (Å²) in [4.78, 5) is 16.6. The Balaban J connectivity index is 2.14. The third-order valence-corrected chi connectivity index (χ3v) is 4.97. The Morgan fingerprint density at radius 3 is 2.86 bits per heavy atom. The van der Waals surface area contributed by atoms with Crippen molar-refractivity contribution in [2.24, 2.45) is 0 Å². The van der Waals surface area contributed by atoms with Gasteiger partial charge in [-0.25, -0.2) is 4.79 Å². The second kappa shape index (κ2) is 7.07. The quantitative estimate of drug-likeness (QED) is 0.909. The molecule has 1 saturated heterocycles. The molecular weight excluding hydrogens is 282 g/mol. The lowest BCUT2D eigenvalue weighted by Crippen LogP contribution is -2.42. The number of carbonyl (C=O) groups excluding carboxylic acids is 1. The molecule has 0 bridgehead atoms. The van der Waals surface area contributed by atoms with Crippen molar-refractivity contribution in [1.82, 2.24) is 4.90 Å². The van der Waals surface area contributed by atoms with Crippen molar-refractivity contribution in [2.75, 3.05) is 42.4 Å². The fraction of sp³-hybridized carbons (Fsp3) is 0.562. The van der Waals surface area contributed by atoms with E-state index in [9.17, 15) is 4.79 Å². The van der Waals surface area contributed by atoms with Gasteiger partial charge in [0.2, 0.25) is 0 Å². The maximum Gasteiger partial charge on any atom is 0.322 e. The summed E-state index contributed by atoms with van der Waals surface area (Å²) in [6.07, 6.45) is 1.06. The molecule has 116 valence electrons. The molecular formula is C16H25N3OS. The Bertz CT molecular complexity index is 504. The van der Waals surface area contributed by atoms with Gasteiger partial charge in [-0.2, -0.15) is 11.8 Å². The monoisotopic (exact) mass is 307 g/mol. The molecule has 1 fully saturated rings. The van der Waals surface area contributed by atoms with Crippen molar-refractivity contribution >= 4 is 29.2 Å². The minimum absolute atomic E-state index is 0.0176. The molecule has 0 aliphatic carbocycles. The fourth-order valence-electron chi connectivity index (χ4n) is 2.63. The maximum absolute atomic E-state index is 12.6. The van der Waals surface area contributed by atoms with Crippen molar-refractivity contribution in [2.45, 2.75) is 26.3 Å². The number of thioether (sulfide) groups is 1. The van der Waals surface area contributed by atoms with Crippen molar-refractivity contribution in [3.63, 3.8) is 0 Å². The summed E-state index contributed by atoms with van der Waals surface area (Å²) in [5.41, 5.74) is 3.13. The Hall–Kier alpha value is -1.36. The van der Waals surface area contributed by atoms with Gasteiger partial charge < -0.3 is 15.1 Å². The molecule has 1 atom stereocenters. The van der Waals surface area contributed by atoms with Crippen LogP contribution in [0.1, 0.15) is 18.9 Å². The summed E-state index contributed by atoms with van der Waals surface area (Å²) in [5.74, 6) is 2.16. The van der Waals surface area contributed by atoms with Gasteiger partial charge in [0.15, 0.2) is 0 Å². The number of rotatable bonds is 2. The number of nitrogens with one attached hydrogen (secondary N) is 1. The minimum atomic E-state index is 0.0176. The first kappa shape index (κ1) is 16.0. The van der Waals surface area contributed by atoms with E-state index >= 15 is 0 Å². The van der Waals surface area contributed by atoms with Crippen molar-refractivity contribution in [3.8, 4) is 0 Å². The van der Waals surface area contributed by atoms with Gasteiger partial charge in [0.05, 0.1) is 0 Å². The zero-order valence-corrected chi connectivity index (χ0v) is 14.2. The van der Waals surface area contributed by atoms with Crippen LogP contribution in [0.5, 0.6) is 0 Å². The summed E-state index contributed by atoms with van der Waals surface area (Å²) in [6, 6.07) is 6.34. The topological polar surface area (TPSA) is 35.6 Å². The van der Waals surface area contributed by atoms with E-state index in [1.807, 2.05) is 49.8 Å². The van der Waals surface area contributed by atoms with E-state index in [0.717, 1.165) is 41.4 Å². The molecule has 1 aromatic carbocycles. The Morgan fingerprint density at radius 2 is 2.14 bits per heavy atom. The zero-order valence-electron chi connectivity index (χ0n) is 13.3. The summed E-state index contributed by atoms with van der Waals surface area (Å²) in [7, 11) is 4.03. The van der Waals surface area contributed by atoms with Crippen LogP contribution >= 0.6 is 11.8 Å². The number of benzene rings is 1. The number of hydrogen-bond donors (Lipinski definition) is 1. The van der Waals surface area contributed by atoms with Gasteiger partial charge in [-0.15, -0.1) is 0 Å². The first-order valence-electron chi connectivity index (χ1n) is 7.43. The molecule has 1 heterocycles. The van der Waals surface area contributed by atoms with E-state index in [4.69, 9.17) is 0 Å². The Labute approximate surface area is 131 Å². The third-order valence-electron chi connectivity index (χ3n) is 3.98. The number of hydrogen-bond acceptors (Lipinski definition) is 3. The lowest BCUT2D eigenvalue weighted by molar-refractivity contribution is 0.197. The van der Waals surface area contributed by atoms with E-state index in [2.05, 4.69) is 23.2 Å². The Kier molecular flexibility index (Phi) is 5.39. The normalized spacial score (nSPS) is 19.0. The van der Waals surface area contributed by atoms with Crippen LogP contribution in [-0.2, 0) is 0 Å². The number of urea groups is 1. The summed E-state index contributed by atoms with van der Waals surface area (Å²) < 4.78 is 0. The van der Waals surface area contributed by atoms with E-state index < -0.39 is 0 Å². The van der Waals surface area contributed by atoms with Crippen LogP contribution in [0.25, 0.3) is 0 Å². The fourth-order valence-corrected chi connectivity index (χ4v) is 3.66. The third kappa shape index (κ3) is 3.84. The van der Waals surface area contributed by atoms with E-state index in [-0.39, 0.29) is 6.03 Å². The molecule has 0 saturated carbocycles. The second-order valence-electron chi connectivity index (χ2n) is 5.72. The first-order valence-corrected chi connectivity index (χ1v) is 8.58. The highest BCUT2D eigenvalue weighted by atomic mass is 32.2. The molecule has 0 aromatic heterocycles. The molecule has 5 heteroatoms. The minimum Gasteiger partial charge on any atom is -0.377 e. The highest BCUT2D eigenvalue weighted by Crippen LogP contribution is 2.26. The number of anilines is 2. The Morgan fingerprint density at radius 1 is 1.38 bits per heavy atom. The molecule has 0 unspecified atom stereocenters. The zero-order chi connectivity index (χ0) is 15.4. The molecule has 2 rings (SSSR count). The smallest absolute Gasteiger partial charge is 0.322 e. The van der Waals surface area contributed by atoms with Crippen molar-refractivity contribution < 1.29 is 4.79 Å². The van der Waals surface area contributed by atoms with Gasteiger partial charge in [-0.3, -0.25) is 0 Å². The van der Waals surface area contributed by atoms with Crippen LogP contribution in [-0.4, -0.2) is 49.1 Å². The molecule has 1 aliphatic heterocycles. The second-order valence-corrected chi connectivity index (χ2v) is 6.94. The van der Waals surface area contributed by atoms with Gasteiger partial charge >= 0.3 is 6.03 Å². The van der Waals surface area contributed by atoms with E-state index in [0.29, 0.717) is 6.04 Å². The van der Waals surface area contributed by atoms with E-state index in [1.165, 1.54) is 0 Å². The number of nitrogens with zero attached hydrogens (tertiary/aromatic N) is 2. The largest absolute Gasteiger partial charge is 0.377 e. The predicted molar refractivity (Wildman–Crippen MR) is 92.6 cm³/mol. The van der Waals surface area contributed by atoms with Crippen LogP contribution in [0.2, 0.25) is 0 Å².